The molecule has 84 valence electrons. The van der Waals surface area contributed by atoms with Gasteiger partial charge in [0.25, 0.3) is 0 Å². The molecule has 0 fully saturated rings. The van der Waals surface area contributed by atoms with E-state index in [0.29, 0.717) is 0 Å². The minimum atomic E-state index is -1.00. The summed E-state index contributed by atoms with van der Waals surface area (Å²) in [6.45, 7) is 5.02. The molecule has 0 atom stereocenters. The van der Waals surface area contributed by atoms with Gasteiger partial charge in [-0.25, -0.2) is 0 Å². The van der Waals surface area contributed by atoms with Crippen LogP contribution in [-0.2, 0) is 6.04 Å². The third-order valence-corrected chi connectivity index (χ3v) is 6.40. The molecule has 2 heteroatoms. The zero-order valence-electron chi connectivity index (χ0n) is 9.80. The lowest BCUT2D eigenvalue weighted by Gasteiger charge is -2.22. The van der Waals surface area contributed by atoms with Crippen molar-refractivity contribution in [3.63, 3.8) is 0 Å². The Morgan fingerprint density at radius 2 is 1.73 bits per heavy atom. The van der Waals surface area contributed by atoms with Gasteiger partial charge in [-0.3, -0.25) is 0 Å². The molecule has 0 heterocycles. The zero-order chi connectivity index (χ0) is 11.1. The van der Waals surface area contributed by atoms with Crippen molar-refractivity contribution in [3.05, 3.63) is 35.9 Å². The molecule has 0 N–H and O–H groups in total. The fraction of sp³-hybridized carbons (Fsp3) is 0.538. The van der Waals surface area contributed by atoms with E-state index < -0.39 is 8.07 Å². The van der Waals surface area contributed by atoms with E-state index in [-0.39, 0.29) is 0 Å². The fourth-order valence-electron chi connectivity index (χ4n) is 1.93. The molecule has 1 aromatic carbocycles. The highest BCUT2D eigenvalue weighted by atomic mass is 79.9. The normalized spacial score (nSPS) is 11.7. The summed E-state index contributed by atoms with van der Waals surface area (Å²) in [5.41, 5.74) is 1.52. The molecular formula is C13H21BrSi. The molecule has 0 saturated carbocycles. The van der Waals surface area contributed by atoms with Crippen LogP contribution in [0, 0.1) is 0 Å². The second-order valence-corrected chi connectivity index (χ2v) is 10.9. The van der Waals surface area contributed by atoms with E-state index in [4.69, 9.17) is 0 Å². The van der Waals surface area contributed by atoms with Gasteiger partial charge in [0.2, 0.25) is 0 Å². The van der Waals surface area contributed by atoms with Gasteiger partial charge in [0, 0.05) is 5.33 Å². The second-order valence-electron chi connectivity index (χ2n) is 4.97. The molecule has 0 saturated heterocycles. The Bertz CT molecular complexity index is 269. The van der Waals surface area contributed by atoms with Gasteiger partial charge in [-0.1, -0.05) is 77.4 Å². The van der Waals surface area contributed by atoms with Crippen LogP contribution < -0.4 is 0 Å². The largest absolute Gasteiger partial charge is 0.0928 e. The molecule has 0 nitrogen and oxygen atoms in total. The van der Waals surface area contributed by atoms with Crippen molar-refractivity contribution in [1.82, 2.24) is 0 Å². The van der Waals surface area contributed by atoms with Crippen molar-refractivity contribution < 1.29 is 0 Å². The molecule has 0 aromatic heterocycles. The lowest BCUT2D eigenvalue weighted by Crippen LogP contribution is -2.28. The standard InChI is InChI=1S/C13H21BrSi/c1-15(2,11-7-6-10-14)12-13-8-4-3-5-9-13/h3-5,8-9H,6-7,10-12H2,1-2H3. The molecule has 15 heavy (non-hydrogen) atoms. The number of benzene rings is 1. The summed E-state index contributed by atoms with van der Waals surface area (Å²) in [4.78, 5) is 0. The van der Waals surface area contributed by atoms with Crippen molar-refractivity contribution in [3.8, 4) is 0 Å². The lowest BCUT2D eigenvalue weighted by atomic mass is 10.2. The average Bonchev–Trinajstić information content (AvgIpc) is 2.18. The van der Waals surface area contributed by atoms with Crippen LogP contribution in [0.25, 0.3) is 0 Å². The van der Waals surface area contributed by atoms with Gasteiger partial charge in [0.05, 0.1) is 8.07 Å². The van der Waals surface area contributed by atoms with E-state index in [2.05, 4.69) is 59.4 Å². The Morgan fingerprint density at radius 1 is 1.07 bits per heavy atom. The molecule has 0 aliphatic rings. The highest BCUT2D eigenvalue weighted by molar-refractivity contribution is 9.09. The van der Waals surface area contributed by atoms with Crippen LogP contribution in [0.4, 0.5) is 0 Å². The van der Waals surface area contributed by atoms with Crippen molar-refractivity contribution in [2.75, 3.05) is 5.33 Å². The topological polar surface area (TPSA) is 0 Å². The first-order chi connectivity index (χ1) is 7.14. The molecule has 1 rings (SSSR count). The number of halogens is 1. The summed E-state index contributed by atoms with van der Waals surface area (Å²) >= 11 is 3.50. The van der Waals surface area contributed by atoms with Crippen molar-refractivity contribution in [2.24, 2.45) is 0 Å². The SMILES string of the molecule is C[Si](C)(CCCCBr)Cc1ccccc1. The van der Waals surface area contributed by atoms with Crippen LogP contribution in [0.3, 0.4) is 0 Å². The molecule has 0 aliphatic heterocycles. The van der Waals surface area contributed by atoms with Gasteiger partial charge in [-0.2, -0.15) is 0 Å². The summed E-state index contributed by atoms with van der Waals surface area (Å²) < 4.78 is 0. The van der Waals surface area contributed by atoms with Gasteiger partial charge >= 0.3 is 0 Å². The Morgan fingerprint density at radius 3 is 2.33 bits per heavy atom. The highest BCUT2D eigenvalue weighted by Gasteiger charge is 2.19. The van der Waals surface area contributed by atoms with Crippen LogP contribution in [0.5, 0.6) is 0 Å². The monoisotopic (exact) mass is 284 g/mol. The van der Waals surface area contributed by atoms with Gasteiger partial charge in [0.15, 0.2) is 0 Å². The van der Waals surface area contributed by atoms with Gasteiger partial charge < -0.3 is 0 Å². The maximum Gasteiger partial charge on any atom is 0.0517 e. The van der Waals surface area contributed by atoms with Crippen LogP contribution in [0.15, 0.2) is 30.3 Å². The predicted molar refractivity (Wildman–Crippen MR) is 75.5 cm³/mol. The van der Waals surface area contributed by atoms with Crippen molar-refractivity contribution in [2.45, 2.75) is 38.0 Å². The number of hydrogen-bond acceptors (Lipinski definition) is 0. The quantitative estimate of drug-likeness (QED) is 0.405. The smallest absolute Gasteiger partial charge is 0.0517 e. The van der Waals surface area contributed by atoms with E-state index in [1.165, 1.54) is 30.5 Å². The number of unbranched alkanes of at least 4 members (excludes halogenated alkanes) is 1. The first-order valence-corrected chi connectivity index (χ1v) is 10.3. The third-order valence-electron chi connectivity index (χ3n) is 2.76. The number of alkyl halides is 1. The second kappa shape index (κ2) is 6.49. The minimum absolute atomic E-state index is 1.00. The Hall–Kier alpha value is -0.0831. The lowest BCUT2D eigenvalue weighted by molar-refractivity contribution is 0.877. The maximum absolute atomic E-state index is 3.50. The summed E-state index contributed by atoms with van der Waals surface area (Å²) in [6.07, 6.45) is 2.71. The zero-order valence-corrected chi connectivity index (χ0v) is 12.4. The molecule has 0 spiro atoms. The Balaban J connectivity index is 2.42. The summed E-state index contributed by atoms with van der Waals surface area (Å²) in [5, 5.41) is 1.16. The molecular weight excluding hydrogens is 264 g/mol. The molecule has 0 amide bonds. The summed E-state index contributed by atoms with van der Waals surface area (Å²) in [6, 6.07) is 13.7. The summed E-state index contributed by atoms with van der Waals surface area (Å²) in [7, 11) is -1.00. The van der Waals surface area contributed by atoms with Crippen LogP contribution in [0.1, 0.15) is 18.4 Å². The van der Waals surface area contributed by atoms with Crippen LogP contribution >= 0.6 is 15.9 Å². The predicted octanol–water partition coefficient (Wildman–Crippen LogP) is 4.65. The molecule has 0 bridgehead atoms. The molecule has 0 radical (unpaired) electrons. The molecule has 0 aliphatic carbocycles. The van der Waals surface area contributed by atoms with Crippen LogP contribution in [0.2, 0.25) is 19.1 Å². The number of rotatable bonds is 6. The van der Waals surface area contributed by atoms with E-state index >= 15 is 0 Å². The first kappa shape index (κ1) is 13.0. The summed E-state index contributed by atoms with van der Waals surface area (Å²) in [5.74, 6) is 0. The Kier molecular flexibility index (Phi) is 5.62. The third kappa shape index (κ3) is 5.52. The molecule has 1 aromatic rings. The first-order valence-electron chi connectivity index (χ1n) is 5.74. The van der Waals surface area contributed by atoms with E-state index in [9.17, 15) is 0 Å². The fourth-order valence-corrected chi connectivity index (χ4v) is 5.06. The van der Waals surface area contributed by atoms with E-state index in [1.807, 2.05) is 0 Å². The van der Waals surface area contributed by atoms with Gasteiger partial charge in [-0.05, 0) is 12.5 Å². The number of hydrogen-bond donors (Lipinski definition) is 0. The van der Waals surface area contributed by atoms with Crippen molar-refractivity contribution in [1.29, 1.82) is 0 Å². The Labute approximate surface area is 103 Å². The van der Waals surface area contributed by atoms with Gasteiger partial charge in [-0.15, -0.1) is 0 Å². The molecule has 0 unspecified atom stereocenters. The van der Waals surface area contributed by atoms with E-state index in [0.717, 1.165) is 5.33 Å². The minimum Gasteiger partial charge on any atom is -0.0928 e. The van der Waals surface area contributed by atoms with Gasteiger partial charge in [0.1, 0.15) is 0 Å². The maximum atomic E-state index is 3.50. The van der Waals surface area contributed by atoms with E-state index in [1.54, 1.807) is 0 Å². The average molecular weight is 285 g/mol. The van der Waals surface area contributed by atoms with Crippen molar-refractivity contribution >= 4 is 24.0 Å². The van der Waals surface area contributed by atoms with Crippen LogP contribution in [-0.4, -0.2) is 13.4 Å². The highest BCUT2D eigenvalue weighted by Crippen LogP contribution is 2.19.